The highest BCUT2D eigenvalue weighted by Gasteiger charge is 2.21. The molecule has 1 aliphatic rings. The SMILES string of the molecule is C=CCCC(CCC)NC1CCC(O)CC1. The van der Waals surface area contributed by atoms with E-state index in [0.717, 1.165) is 32.1 Å². The summed E-state index contributed by atoms with van der Waals surface area (Å²) in [6.07, 6.45) is 11.0. The number of rotatable bonds is 7. The van der Waals surface area contributed by atoms with Crippen LogP contribution in [-0.2, 0) is 0 Å². The van der Waals surface area contributed by atoms with Gasteiger partial charge >= 0.3 is 0 Å². The van der Waals surface area contributed by atoms with Crippen LogP contribution in [0.15, 0.2) is 12.7 Å². The van der Waals surface area contributed by atoms with Gasteiger partial charge in [0, 0.05) is 12.1 Å². The Bertz CT molecular complexity index is 185. The van der Waals surface area contributed by atoms with Crippen molar-refractivity contribution >= 4 is 0 Å². The van der Waals surface area contributed by atoms with Crippen molar-refractivity contribution in [1.82, 2.24) is 5.32 Å². The van der Waals surface area contributed by atoms with Crippen molar-refractivity contribution in [2.45, 2.75) is 76.5 Å². The largest absolute Gasteiger partial charge is 0.393 e. The van der Waals surface area contributed by atoms with Gasteiger partial charge in [-0.25, -0.2) is 0 Å². The van der Waals surface area contributed by atoms with Crippen LogP contribution in [0.4, 0.5) is 0 Å². The van der Waals surface area contributed by atoms with Crippen LogP contribution in [-0.4, -0.2) is 23.3 Å². The summed E-state index contributed by atoms with van der Waals surface area (Å²) in [6, 6.07) is 1.27. The summed E-state index contributed by atoms with van der Waals surface area (Å²) in [6.45, 7) is 6.03. The lowest BCUT2D eigenvalue weighted by Gasteiger charge is -2.30. The van der Waals surface area contributed by atoms with Gasteiger partial charge in [-0.05, 0) is 44.9 Å². The average molecular weight is 225 g/mol. The number of hydrogen-bond acceptors (Lipinski definition) is 2. The second kappa shape index (κ2) is 7.86. The lowest BCUT2D eigenvalue weighted by atomic mass is 9.92. The number of aliphatic hydroxyl groups excluding tert-OH is 1. The average Bonchev–Trinajstić information content (AvgIpc) is 2.29. The van der Waals surface area contributed by atoms with Crippen LogP contribution in [0.5, 0.6) is 0 Å². The Kier molecular flexibility index (Phi) is 6.74. The van der Waals surface area contributed by atoms with Crippen molar-refractivity contribution in [1.29, 1.82) is 0 Å². The minimum atomic E-state index is -0.0455. The van der Waals surface area contributed by atoms with E-state index in [1.807, 2.05) is 6.08 Å². The van der Waals surface area contributed by atoms with Gasteiger partial charge in [-0.1, -0.05) is 19.4 Å². The third-order valence-electron chi connectivity index (χ3n) is 3.52. The van der Waals surface area contributed by atoms with Crippen molar-refractivity contribution in [2.75, 3.05) is 0 Å². The Morgan fingerprint density at radius 1 is 1.31 bits per heavy atom. The minimum Gasteiger partial charge on any atom is -0.393 e. The molecule has 0 bridgehead atoms. The zero-order chi connectivity index (χ0) is 11.8. The number of allylic oxidation sites excluding steroid dienone is 1. The number of aliphatic hydroxyl groups is 1. The predicted octanol–water partition coefficient (Wildman–Crippen LogP) is 3.01. The number of hydrogen-bond donors (Lipinski definition) is 2. The van der Waals surface area contributed by atoms with Crippen molar-refractivity contribution in [2.24, 2.45) is 0 Å². The van der Waals surface area contributed by atoms with Crippen molar-refractivity contribution < 1.29 is 5.11 Å². The molecule has 0 amide bonds. The first-order valence-corrected chi connectivity index (χ1v) is 6.81. The van der Waals surface area contributed by atoms with Crippen LogP contribution in [0.1, 0.15) is 58.3 Å². The van der Waals surface area contributed by atoms with Crippen molar-refractivity contribution in [3.05, 3.63) is 12.7 Å². The Hall–Kier alpha value is -0.340. The van der Waals surface area contributed by atoms with E-state index in [2.05, 4.69) is 18.8 Å². The summed E-state index contributed by atoms with van der Waals surface area (Å²) in [5.74, 6) is 0. The Morgan fingerprint density at radius 3 is 2.56 bits per heavy atom. The van der Waals surface area contributed by atoms with Gasteiger partial charge in [0.25, 0.3) is 0 Å². The zero-order valence-electron chi connectivity index (χ0n) is 10.6. The molecule has 0 aromatic carbocycles. The zero-order valence-corrected chi connectivity index (χ0v) is 10.6. The predicted molar refractivity (Wildman–Crippen MR) is 69.5 cm³/mol. The monoisotopic (exact) mass is 225 g/mol. The van der Waals surface area contributed by atoms with Crippen LogP contribution in [0, 0.1) is 0 Å². The molecule has 2 heteroatoms. The topological polar surface area (TPSA) is 32.3 Å². The fourth-order valence-electron chi connectivity index (χ4n) is 2.55. The van der Waals surface area contributed by atoms with E-state index >= 15 is 0 Å². The van der Waals surface area contributed by atoms with E-state index in [-0.39, 0.29) is 6.10 Å². The fraction of sp³-hybridized carbons (Fsp3) is 0.857. The summed E-state index contributed by atoms with van der Waals surface area (Å²) in [7, 11) is 0. The van der Waals surface area contributed by atoms with Gasteiger partial charge in [0.1, 0.15) is 0 Å². The maximum atomic E-state index is 9.46. The molecule has 94 valence electrons. The molecule has 16 heavy (non-hydrogen) atoms. The molecule has 2 nitrogen and oxygen atoms in total. The molecule has 2 N–H and O–H groups in total. The molecule has 1 saturated carbocycles. The van der Waals surface area contributed by atoms with Crippen LogP contribution < -0.4 is 5.32 Å². The van der Waals surface area contributed by atoms with E-state index < -0.39 is 0 Å². The van der Waals surface area contributed by atoms with Crippen molar-refractivity contribution in [3.8, 4) is 0 Å². The molecule has 0 aliphatic heterocycles. The van der Waals surface area contributed by atoms with E-state index in [0.29, 0.717) is 12.1 Å². The second-order valence-electron chi connectivity index (χ2n) is 5.02. The van der Waals surface area contributed by atoms with Gasteiger partial charge in [0.15, 0.2) is 0 Å². The first kappa shape index (κ1) is 13.7. The summed E-state index contributed by atoms with van der Waals surface area (Å²) < 4.78 is 0. The molecule has 0 aromatic rings. The molecule has 1 rings (SSSR count). The van der Waals surface area contributed by atoms with Crippen LogP contribution in [0.2, 0.25) is 0 Å². The molecule has 0 aromatic heterocycles. The molecule has 0 heterocycles. The highest BCUT2D eigenvalue weighted by Crippen LogP contribution is 2.20. The minimum absolute atomic E-state index is 0.0455. The molecule has 0 radical (unpaired) electrons. The maximum Gasteiger partial charge on any atom is 0.0541 e. The first-order chi connectivity index (χ1) is 7.76. The molecule has 0 saturated heterocycles. The van der Waals surface area contributed by atoms with Gasteiger partial charge in [0.2, 0.25) is 0 Å². The highest BCUT2D eigenvalue weighted by molar-refractivity contribution is 4.81. The Morgan fingerprint density at radius 2 is 2.00 bits per heavy atom. The lowest BCUT2D eigenvalue weighted by molar-refractivity contribution is 0.113. The van der Waals surface area contributed by atoms with Gasteiger partial charge in [-0.15, -0.1) is 6.58 Å². The smallest absolute Gasteiger partial charge is 0.0541 e. The quantitative estimate of drug-likeness (QED) is 0.653. The Labute approximate surface area is 100 Å². The van der Waals surface area contributed by atoms with Gasteiger partial charge in [-0.3, -0.25) is 0 Å². The normalized spacial score (nSPS) is 27.6. The van der Waals surface area contributed by atoms with Crippen molar-refractivity contribution in [3.63, 3.8) is 0 Å². The van der Waals surface area contributed by atoms with Crippen LogP contribution in [0.25, 0.3) is 0 Å². The van der Waals surface area contributed by atoms with E-state index in [9.17, 15) is 5.11 Å². The molecule has 1 fully saturated rings. The number of nitrogens with one attached hydrogen (secondary N) is 1. The van der Waals surface area contributed by atoms with Gasteiger partial charge in [0.05, 0.1) is 6.10 Å². The molecule has 1 atom stereocenters. The van der Waals surface area contributed by atoms with Gasteiger partial charge < -0.3 is 10.4 Å². The van der Waals surface area contributed by atoms with E-state index in [1.165, 1.54) is 19.3 Å². The molecule has 1 unspecified atom stereocenters. The van der Waals surface area contributed by atoms with E-state index in [1.54, 1.807) is 0 Å². The van der Waals surface area contributed by atoms with Crippen LogP contribution in [0.3, 0.4) is 0 Å². The molecule has 0 spiro atoms. The van der Waals surface area contributed by atoms with Crippen LogP contribution >= 0.6 is 0 Å². The molecular weight excluding hydrogens is 198 g/mol. The molecule has 1 aliphatic carbocycles. The van der Waals surface area contributed by atoms with Gasteiger partial charge in [-0.2, -0.15) is 0 Å². The second-order valence-corrected chi connectivity index (χ2v) is 5.02. The third-order valence-corrected chi connectivity index (χ3v) is 3.52. The summed E-state index contributed by atoms with van der Waals surface area (Å²) in [4.78, 5) is 0. The van der Waals surface area contributed by atoms with E-state index in [4.69, 9.17) is 0 Å². The molecular formula is C14H27NO. The summed E-state index contributed by atoms with van der Waals surface area (Å²) >= 11 is 0. The lowest BCUT2D eigenvalue weighted by Crippen LogP contribution is -2.41. The standard InChI is InChI=1S/C14H27NO/c1-3-5-7-12(6-4-2)15-13-8-10-14(16)11-9-13/h3,12-16H,1,4-11H2,2H3. The maximum absolute atomic E-state index is 9.46. The summed E-state index contributed by atoms with van der Waals surface area (Å²) in [5.41, 5.74) is 0. The highest BCUT2D eigenvalue weighted by atomic mass is 16.3. The Balaban J connectivity index is 2.26. The third kappa shape index (κ3) is 5.13. The summed E-state index contributed by atoms with van der Waals surface area (Å²) in [5, 5.41) is 13.2. The first-order valence-electron chi connectivity index (χ1n) is 6.81. The fourth-order valence-corrected chi connectivity index (χ4v) is 2.55.